The van der Waals surface area contributed by atoms with Crippen molar-refractivity contribution in [3.05, 3.63) is 30.3 Å². The maximum absolute atomic E-state index is 9.57. The summed E-state index contributed by atoms with van der Waals surface area (Å²) in [6.45, 7) is 4.08. The first-order valence-electron chi connectivity index (χ1n) is 4.56. The van der Waals surface area contributed by atoms with E-state index in [0.29, 0.717) is 5.92 Å². The summed E-state index contributed by atoms with van der Waals surface area (Å²) in [6, 6.07) is 10.2. The van der Waals surface area contributed by atoms with E-state index >= 15 is 0 Å². The minimum atomic E-state index is -0.204. The van der Waals surface area contributed by atoms with Gasteiger partial charge in [-0.3, -0.25) is 0 Å². The average Bonchev–Trinajstić information content (AvgIpc) is 2.15. The van der Waals surface area contributed by atoms with Gasteiger partial charge in [0, 0.05) is 10.6 Å². The number of thioether (sulfide) groups is 1. The number of rotatable bonds is 4. The van der Waals surface area contributed by atoms with Gasteiger partial charge in [-0.05, 0) is 18.1 Å². The van der Waals surface area contributed by atoms with Crippen LogP contribution in [0.25, 0.3) is 0 Å². The Morgan fingerprint density at radius 3 is 2.38 bits per heavy atom. The summed E-state index contributed by atoms with van der Waals surface area (Å²) in [5, 5.41) is 9.57. The third kappa shape index (κ3) is 3.83. The fourth-order valence-electron chi connectivity index (χ4n) is 0.891. The van der Waals surface area contributed by atoms with Crippen LogP contribution >= 0.6 is 11.8 Å². The van der Waals surface area contributed by atoms with Crippen molar-refractivity contribution in [2.24, 2.45) is 5.92 Å². The molecule has 0 aliphatic rings. The maximum atomic E-state index is 9.57. The van der Waals surface area contributed by atoms with Gasteiger partial charge < -0.3 is 5.11 Å². The van der Waals surface area contributed by atoms with E-state index in [1.165, 1.54) is 4.90 Å². The van der Waals surface area contributed by atoms with Crippen molar-refractivity contribution in [1.29, 1.82) is 0 Å². The molecule has 2 heteroatoms. The highest BCUT2D eigenvalue weighted by Gasteiger charge is 2.08. The second-order valence-corrected chi connectivity index (χ2v) is 4.53. The molecule has 0 aliphatic carbocycles. The normalized spacial score (nSPS) is 13.2. The van der Waals surface area contributed by atoms with Crippen molar-refractivity contribution < 1.29 is 5.11 Å². The number of aliphatic hydroxyl groups is 1. The van der Waals surface area contributed by atoms with Gasteiger partial charge in [0.1, 0.15) is 0 Å². The molecule has 0 heterocycles. The number of benzene rings is 1. The van der Waals surface area contributed by atoms with E-state index in [1.807, 2.05) is 32.0 Å². The van der Waals surface area contributed by atoms with Gasteiger partial charge in [-0.1, -0.05) is 32.0 Å². The largest absolute Gasteiger partial charge is 0.392 e. The lowest BCUT2D eigenvalue weighted by atomic mass is 10.1. The van der Waals surface area contributed by atoms with Crippen LogP contribution in [0.5, 0.6) is 0 Å². The van der Waals surface area contributed by atoms with Crippen molar-refractivity contribution in [2.45, 2.75) is 24.8 Å². The van der Waals surface area contributed by atoms with E-state index < -0.39 is 0 Å². The zero-order valence-corrected chi connectivity index (χ0v) is 8.92. The smallest absolute Gasteiger partial charge is 0.0656 e. The van der Waals surface area contributed by atoms with Crippen LogP contribution < -0.4 is 0 Å². The van der Waals surface area contributed by atoms with Crippen LogP contribution in [-0.2, 0) is 0 Å². The summed E-state index contributed by atoms with van der Waals surface area (Å²) in [5.41, 5.74) is 0. The van der Waals surface area contributed by atoms with Crippen LogP contribution in [0.15, 0.2) is 35.2 Å². The molecule has 1 aromatic carbocycles. The van der Waals surface area contributed by atoms with Crippen LogP contribution in [0.3, 0.4) is 0 Å². The molecule has 1 rings (SSSR count). The summed E-state index contributed by atoms with van der Waals surface area (Å²) in [7, 11) is 0. The maximum Gasteiger partial charge on any atom is 0.0656 e. The lowest BCUT2D eigenvalue weighted by molar-refractivity contribution is 0.149. The third-order valence-electron chi connectivity index (χ3n) is 1.93. The monoisotopic (exact) mass is 196 g/mol. The first-order chi connectivity index (χ1) is 6.20. The van der Waals surface area contributed by atoms with Crippen molar-refractivity contribution in [3.8, 4) is 0 Å². The number of hydrogen-bond donors (Lipinski definition) is 1. The Hall–Kier alpha value is -0.470. The van der Waals surface area contributed by atoms with Gasteiger partial charge in [0.25, 0.3) is 0 Å². The lowest BCUT2D eigenvalue weighted by Crippen LogP contribution is -2.17. The van der Waals surface area contributed by atoms with Crippen LogP contribution in [-0.4, -0.2) is 17.0 Å². The van der Waals surface area contributed by atoms with Crippen molar-refractivity contribution in [1.82, 2.24) is 0 Å². The predicted octanol–water partition coefficient (Wildman–Crippen LogP) is 2.80. The zero-order valence-electron chi connectivity index (χ0n) is 8.10. The molecule has 0 saturated heterocycles. The van der Waals surface area contributed by atoms with Gasteiger partial charge in [-0.25, -0.2) is 0 Å². The molecular formula is C11H16OS. The molecular weight excluding hydrogens is 180 g/mol. The van der Waals surface area contributed by atoms with Crippen LogP contribution in [0.1, 0.15) is 13.8 Å². The summed E-state index contributed by atoms with van der Waals surface area (Å²) in [6.07, 6.45) is -0.204. The molecule has 0 saturated carbocycles. The Morgan fingerprint density at radius 2 is 1.85 bits per heavy atom. The molecule has 0 bridgehead atoms. The van der Waals surface area contributed by atoms with Crippen molar-refractivity contribution in [3.63, 3.8) is 0 Å². The molecule has 0 amide bonds. The highest BCUT2D eigenvalue weighted by molar-refractivity contribution is 7.99. The molecule has 1 nitrogen and oxygen atoms in total. The standard InChI is InChI=1S/C11H16OS/c1-9(2)11(12)8-13-10-6-4-3-5-7-10/h3-7,9,11-12H,8H2,1-2H3. The van der Waals surface area contributed by atoms with Gasteiger partial charge in [0.15, 0.2) is 0 Å². The SMILES string of the molecule is CC(C)C(O)CSc1ccccc1. The second kappa shape index (κ2) is 5.30. The zero-order chi connectivity index (χ0) is 9.68. The van der Waals surface area contributed by atoms with Crippen LogP contribution in [0, 0.1) is 5.92 Å². The summed E-state index contributed by atoms with van der Waals surface area (Å²) in [5.74, 6) is 1.12. The van der Waals surface area contributed by atoms with Crippen LogP contribution in [0.4, 0.5) is 0 Å². The topological polar surface area (TPSA) is 20.2 Å². The Bertz CT molecular complexity index is 233. The van der Waals surface area contributed by atoms with E-state index in [0.717, 1.165) is 5.75 Å². The minimum Gasteiger partial charge on any atom is -0.392 e. The molecule has 0 aliphatic heterocycles. The predicted molar refractivity (Wildman–Crippen MR) is 58.0 cm³/mol. The highest BCUT2D eigenvalue weighted by atomic mass is 32.2. The molecule has 0 spiro atoms. The fraction of sp³-hybridized carbons (Fsp3) is 0.455. The molecule has 0 fully saturated rings. The Morgan fingerprint density at radius 1 is 1.23 bits per heavy atom. The second-order valence-electron chi connectivity index (χ2n) is 3.44. The molecule has 72 valence electrons. The lowest BCUT2D eigenvalue weighted by Gasteiger charge is -2.13. The Labute approximate surface area is 84.2 Å². The highest BCUT2D eigenvalue weighted by Crippen LogP contribution is 2.19. The summed E-state index contributed by atoms with van der Waals surface area (Å²) < 4.78 is 0. The Kier molecular flexibility index (Phi) is 4.33. The number of hydrogen-bond acceptors (Lipinski definition) is 2. The van der Waals surface area contributed by atoms with E-state index in [1.54, 1.807) is 11.8 Å². The molecule has 0 radical (unpaired) electrons. The minimum absolute atomic E-state index is 0.204. The van der Waals surface area contributed by atoms with E-state index in [4.69, 9.17) is 0 Å². The van der Waals surface area contributed by atoms with Gasteiger partial charge in [-0.2, -0.15) is 0 Å². The molecule has 1 atom stereocenters. The van der Waals surface area contributed by atoms with E-state index in [9.17, 15) is 5.11 Å². The van der Waals surface area contributed by atoms with E-state index in [2.05, 4.69) is 12.1 Å². The third-order valence-corrected chi connectivity index (χ3v) is 3.05. The quantitative estimate of drug-likeness (QED) is 0.747. The molecule has 1 unspecified atom stereocenters. The average molecular weight is 196 g/mol. The van der Waals surface area contributed by atoms with E-state index in [-0.39, 0.29) is 6.10 Å². The Balaban J connectivity index is 2.35. The first kappa shape index (κ1) is 10.6. The first-order valence-corrected chi connectivity index (χ1v) is 5.54. The molecule has 1 N–H and O–H groups in total. The van der Waals surface area contributed by atoms with Gasteiger partial charge >= 0.3 is 0 Å². The van der Waals surface area contributed by atoms with Gasteiger partial charge in [0.05, 0.1) is 6.10 Å². The summed E-state index contributed by atoms with van der Waals surface area (Å²) in [4.78, 5) is 1.22. The molecule has 13 heavy (non-hydrogen) atoms. The number of aliphatic hydroxyl groups excluding tert-OH is 1. The fourth-order valence-corrected chi connectivity index (χ4v) is 1.99. The van der Waals surface area contributed by atoms with Gasteiger partial charge in [0.2, 0.25) is 0 Å². The van der Waals surface area contributed by atoms with Gasteiger partial charge in [-0.15, -0.1) is 11.8 Å². The molecule has 1 aromatic rings. The van der Waals surface area contributed by atoms with Crippen LogP contribution in [0.2, 0.25) is 0 Å². The molecule has 0 aromatic heterocycles. The summed E-state index contributed by atoms with van der Waals surface area (Å²) >= 11 is 1.71. The van der Waals surface area contributed by atoms with Crippen molar-refractivity contribution in [2.75, 3.05) is 5.75 Å². The van der Waals surface area contributed by atoms with Crippen molar-refractivity contribution >= 4 is 11.8 Å².